The number of unbranched alkanes of at least 4 members (excludes halogenated alkanes) is 15. The van der Waals surface area contributed by atoms with Crippen LogP contribution in [0.5, 0.6) is 0 Å². The Kier molecular flexibility index (Phi) is 22.7. The van der Waals surface area contributed by atoms with Crippen LogP contribution in [-0.4, -0.2) is 12.6 Å². The van der Waals surface area contributed by atoms with E-state index in [2.05, 4.69) is 27.7 Å². The lowest BCUT2D eigenvalue weighted by molar-refractivity contribution is -0.143. The van der Waals surface area contributed by atoms with E-state index < -0.39 is 0 Å². The van der Waals surface area contributed by atoms with Gasteiger partial charge in [0.2, 0.25) is 0 Å². The standard InChI is InChI=1S/C28H56O2/c1-26(2)22-18-14-10-6-5-9-13-17-21-25-30-28(29)24-20-16-12-8-7-11-15-19-23-27(3)4/h26-27H,5-25H2,1-4H3. The van der Waals surface area contributed by atoms with Gasteiger partial charge in [-0.2, -0.15) is 0 Å². The summed E-state index contributed by atoms with van der Waals surface area (Å²) in [4.78, 5) is 11.8. The maximum atomic E-state index is 11.8. The molecule has 0 rings (SSSR count). The van der Waals surface area contributed by atoms with Crippen LogP contribution in [0.25, 0.3) is 0 Å². The van der Waals surface area contributed by atoms with Crippen molar-refractivity contribution in [3.8, 4) is 0 Å². The van der Waals surface area contributed by atoms with Crippen molar-refractivity contribution >= 4 is 5.97 Å². The Morgan fingerprint density at radius 2 is 0.833 bits per heavy atom. The van der Waals surface area contributed by atoms with Crippen molar-refractivity contribution in [1.82, 2.24) is 0 Å². The molecule has 0 saturated carbocycles. The van der Waals surface area contributed by atoms with Gasteiger partial charge in [-0.3, -0.25) is 4.79 Å². The van der Waals surface area contributed by atoms with Crippen LogP contribution in [0.15, 0.2) is 0 Å². The van der Waals surface area contributed by atoms with E-state index in [9.17, 15) is 4.79 Å². The third-order valence-corrected chi connectivity index (χ3v) is 6.10. The van der Waals surface area contributed by atoms with Crippen LogP contribution >= 0.6 is 0 Å². The second-order valence-corrected chi connectivity index (χ2v) is 10.3. The Labute approximate surface area is 190 Å². The van der Waals surface area contributed by atoms with Gasteiger partial charge in [-0.1, -0.05) is 137 Å². The highest BCUT2D eigenvalue weighted by Gasteiger charge is 2.03. The number of ether oxygens (including phenoxy) is 1. The van der Waals surface area contributed by atoms with Crippen LogP contribution in [0.2, 0.25) is 0 Å². The molecule has 0 atom stereocenters. The first-order chi connectivity index (χ1) is 14.5. The maximum absolute atomic E-state index is 11.8. The summed E-state index contributed by atoms with van der Waals surface area (Å²) >= 11 is 0. The van der Waals surface area contributed by atoms with E-state index in [4.69, 9.17) is 4.74 Å². The van der Waals surface area contributed by atoms with Crippen molar-refractivity contribution in [2.45, 2.75) is 156 Å². The average Bonchev–Trinajstić information content (AvgIpc) is 2.69. The summed E-state index contributed by atoms with van der Waals surface area (Å²) in [5, 5.41) is 0. The number of carbonyl (C=O) groups excluding carboxylic acids is 1. The number of carbonyl (C=O) groups is 1. The van der Waals surface area contributed by atoms with Gasteiger partial charge in [0.05, 0.1) is 6.61 Å². The Bertz CT molecular complexity index is 349. The molecule has 0 fully saturated rings. The molecule has 180 valence electrons. The van der Waals surface area contributed by atoms with Gasteiger partial charge in [0.25, 0.3) is 0 Å². The molecule has 0 N–H and O–H groups in total. The molecular formula is C28H56O2. The summed E-state index contributed by atoms with van der Waals surface area (Å²) < 4.78 is 5.39. The van der Waals surface area contributed by atoms with Crippen molar-refractivity contribution < 1.29 is 9.53 Å². The van der Waals surface area contributed by atoms with Gasteiger partial charge in [0, 0.05) is 6.42 Å². The molecule has 30 heavy (non-hydrogen) atoms. The van der Waals surface area contributed by atoms with Gasteiger partial charge in [0.1, 0.15) is 0 Å². The minimum absolute atomic E-state index is 0.0186. The highest BCUT2D eigenvalue weighted by atomic mass is 16.5. The normalized spacial score (nSPS) is 11.5. The molecule has 0 aliphatic heterocycles. The predicted octanol–water partition coefficient (Wildman–Crippen LogP) is 9.64. The molecule has 0 amide bonds. The van der Waals surface area contributed by atoms with Crippen LogP contribution < -0.4 is 0 Å². The summed E-state index contributed by atoms with van der Waals surface area (Å²) in [7, 11) is 0. The van der Waals surface area contributed by atoms with Crippen molar-refractivity contribution in [2.24, 2.45) is 11.8 Å². The van der Waals surface area contributed by atoms with Crippen molar-refractivity contribution in [1.29, 1.82) is 0 Å². The predicted molar refractivity (Wildman–Crippen MR) is 133 cm³/mol. The van der Waals surface area contributed by atoms with E-state index in [1.165, 1.54) is 109 Å². The van der Waals surface area contributed by atoms with Gasteiger partial charge in [-0.25, -0.2) is 0 Å². The minimum atomic E-state index is 0.0186. The van der Waals surface area contributed by atoms with E-state index in [-0.39, 0.29) is 5.97 Å². The summed E-state index contributed by atoms with van der Waals surface area (Å²) in [6.07, 6.45) is 25.6. The van der Waals surface area contributed by atoms with E-state index >= 15 is 0 Å². The zero-order valence-corrected chi connectivity index (χ0v) is 21.3. The second kappa shape index (κ2) is 23.1. The Morgan fingerprint density at radius 1 is 0.500 bits per heavy atom. The lowest BCUT2D eigenvalue weighted by Crippen LogP contribution is -2.05. The molecule has 0 unspecified atom stereocenters. The zero-order valence-electron chi connectivity index (χ0n) is 21.3. The molecule has 0 radical (unpaired) electrons. The van der Waals surface area contributed by atoms with Gasteiger partial charge < -0.3 is 4.74 Å². The zero-order chi connectivity index (χ0) is 22.3. The Hall–Kier alpha value is -0.530. The van der Waals surface area contributed by atoms with Crippen LogP contribution in [0.3, 0.4) is 0 Å². The SMILES string of the molecule is CC(C)CCCCCCCCCCCOC(=O)CCCCCCCCCCC(C)C. The molecule has 0 aromatic heterocycles. The molecule has 2 nitrogen and oxygen atoms in total. The second-order valence-electron chi connectivity index (χ2n) is 10.3. The number of hydrogen-bond donors (Lipinski definition) is 0. The molecule has 0 saturated heterocycles. The van der Waals surface area contributed by atoms with Crippen molar-refractivity contribution in [3.05, 3.63) is 0 Å². The highest BCUT2D eigenvalue weighted by molar-refractivity contribution is 5.69. The Balaban J connectivity index is 3.17. The molecule has 0 aliphatic carbocycles. The first-order valence-corrected chi connectivity index (χ1v) is 13.7. The lowest BCUT2D eigenvalue weighted by atomic mass is 10.0. The number of esters is 1. The third-order valence-electron chi connectivity index (χ3n) is 6.10. The van der Waals surface area contributed by atoms with Gasteiger partial charge in [-0.05, 0) is 24.7 Å². The van der Waals surface area contributed by atoms with E-state index in [0.29, 0.717) is 13.0 Å². The molecule has 0 spiro atoms. The van der Waals surface area contributed by atoms with E-state index in [1.807, 2.05) is 0 Å². The maximum Gasteiger partial charge on any atom is 0.305 e. The summed E-state index contributed by atoms with van der Waals surface area (Å²) in [5.74, 6) is 1.73. The molecule has 0 aromatic rings. The topological polar surface area (TPSA) is 26.3 Å². The lowest BCUT2D eigenvalue weighted by Gasteiger charge is -2.06. The molecular weight excluding hydrogens is 368 g/mol. The number of hydrogen-bond acceptors (Lipinski definition) is 2. The molecule has 0 heterocycles. The largest absolute Gasteiger partial charge is 0.466 e. The first kappa shape index (κ1) is 29.5. The van der Waals surface area contributed by atoms with Gasteiger partial charge in [-0.15, -0.1) is 0 Å². The van der Waals surface area contributed by atoms with Crippen LogP contribution in [-0.2, 0) is 9.53 Å². The monoisotopic (exact) mass is 424 g/mol. The molecule has 0 aliphatic rings. The fraction of sp³-hybridized carbons (Fsp3) is 0.964. The Morgan fingerprint density at radius 3 is 1.23 bits per heavy atom. The molecule has 0 aromatic carbocycles. The van der Waals surface area contributed by atoms with Crippen LogP contribution in [0.4, 0.5) is 0 Å². The van der Waals surface area contributed by atoms with E-state index in [1.54, 1.807) is 0 Å². The summed E-state index contributed by atoms with van der Waals surface area (Å²) in [6.45, 7) is 9.88. The third kappa shape index (κ3) is 25.5. The quantitative estimate of drug-likeness (QED) is 0.120. The van der Waals surface area contributed by atoms with E-state index in [0.717, 1.165) is 24.7 Å². The van der Waals surface area contributed by atoms with Crippen LogP contribution in [0.1, 0.15) is 156 Å². The average molecular weight is 425 g/mol. The minimum Gasteiger partial charge on any atom is -0.466 e. The molecule has 2 heteroatoms. The molecule has 0 bridgehead atoms. The summed E-state index contributed by atoms with van der Waals surface area (Å²) in [6, 6.07) is 0. The van der Waals surface area contributed by atoms with Crippen molar-refractivity contribution in [2.75, 3.05) is 6.61 Å². The first-order valence-electron chi connectivity index (χ1n) is 13.7. The van der Waals surface area contributed by atoms with Gasteiger partial charge in [0.15, 0.2) is 0 Å². The van der Waals surface area contributed by atoms with Crippen molar-refractivity contribution in [3.63, 3.8) is 0 Å². The van der Waals surface area contributed by atoms with Crippen LogP contribution in [0, 0.1) is 11.8 Å². The number of rotatable bonds is 23. The summed E-state index contributed by atoms with van der Waals surface area (Å²) in [5.41, 5.74) is 0. The van der Waals surface area contributed by atoms with Gasteiger partial charge >= 0.3 is 5.97 Å². The fourth-order valence-corrected chi connectivity index (χ4v) is 4.03. The smallest absolute Gasteiger partial charge is 0.305 e. The highest BCUT2D eigenvalue weighted by Crippen LogP contribution is 2.14. The fourth-order valence-electron chi connectivity index (χ4n) is 4.03.